The Hall–Kier alpha value is -0.560. The summed E-state index contributed by atoms with van der Waals surface area (Å²) >= 11 is 1.72. The standard InChI is InChI=1S/C14H22N2O2S2/c1-19-10-4-9-16-20(17,18)14-6-3-2-5-12(14)11-15-13-7-8-13/h2-3,5-6,13,15-16H,4,7-11H2,1H3. The molecule has 0 bridgehead atoms. The van der Waals surface area contributed by atoms with E-state index in [9.17, 15) is 8.42 Å². The molecule has 4 nitrogen and oxygen atoms in total. The van der Waals surface area contributed by atoms with E-state index in [0.717, 1.165) is 17.7 Å². The van der Waals surface area contributed by atoms with Crippen LogP contribution in [-0.4, -0.2) is 33.0 Å². The van der Waals surface area contributed by atoms with Gasteiger partial charge in [-0.1, -0.05) is 18.2 Å². The quantitative estimate of drug-likeness (QED) is 0.684. The van der Waals surface area contributed by atoms with Crippen molar-refractivity contribution in [2.24, 2.45) is 0 Å². The molecule has 112 valence electrons. The van der Waals surface area contributed by atoms with Crippen molar-refractivity contribution in [2.45, 2.75) is 36.7 Å². The van der Waals surface area contributed by atoms with Crippen LogP contribution in [0.15, 0.2) is 29.2 Å². The molecule has 1 aliphatic rings. The fourth-order valence-corrected chi connectivity index (χ4v) is 3.70. The minimum Gasteiger partial charge on any atom is -0.310 e. The topological polar surface area (TPSA) is 58.2 Å². The molecule has 0 spiro atoms. The Morgan fingerprint density at radius 1 is 1.30 bits per heavy atom. The zero-order valence-corrected chi connectivity index (χ0v) is 13.4. The van der Waals surface area contributed by atoms with Gasteiger partial charge < -0.3 is 5.32 Å². The van der Waals surface area contributed by atoms with Crippen molar-refractivity contribution in [3.63, 3.8) is 0 Å². The molecular formula is C14H22N2O2S2. The predicted octanol–water partition coefficient (Wildman–Crippen LogP) is 1.97. The Bertz CT molecular complexity index is 528. The molecule has 0 heterocycles. The van der Waals surface area contributed by atoms with Gasteiger partial charge in [0.2, 0.25) is 10.0 Å². The van der Waals surface area contributed by atoms with Crippen LogP contribution < -0.4 is 10.0 Å². The molecule has 2 rings (SSSR count). The van der Waals surface area contributed by atoms with Crippen molar-refractivity contribution in [3.05, 3.63) is 29.8 Å². The van der Waals surface area contributed by atoms with Crippen molar-refractivity contribution in [2.75, 3.05) is 18.6 Å². The van der Waals surface area contributed by atoms with Gasteiger partial charge in [0, 0.05) is 19.1 Å². The molecule has 2 N–H and O–H groups in total. The van der Waals surface area contributed by atoms with Gasteiger partial charge in [0.05, 0.1) is 4.90 Å². The fourth-order valence-electron chi connectivity index (χ4n) is 1.95. The number of rotatable bonds is 9. The van der Waals surface area contributed by atoms with Crippen LogP contribution in [-0.2, 0) is 16.6 Å². The van der Waals surface area contributed by atoms with Crippen LogP contribution in [0.3, 0.4) is 0 Å². The molecule has 20 heavy (non-hydrogen) atoms. The van der Waals surface area contributed by atoms with E-state index < -0.39 is 10.0 Å². The SMILES string of the molecule is CSCCCNS(=O)(=O)c1ccccc1CNC1CC1. The lowest BCUT2D eigenvalue weighted by Crippen LogP contribution is -2.27. The van der Waals surface area contributed by atoms with E-state index in [-0.39, 0.29) is 0 Å². The van der Waals surface area contributed by atoms with Gasteiger partial charge in [0.1, 0.15) is 0 Å². The number of sulfonamides is 1. The number of thioether (sulfide) groups is 1. The van der Waals surface area contributed by atoms with Gasteiger partial charge in [-0.15, -0.1) is 0 Å². The van der Waals surface area contributed by atoms with Crippen molar-refractivity contribution >= 4 is 21.8 Å². The Morgan fingerprint density at radius 2 is 2.05 bits per heavy atom. The Kier molecular flexibility index (Phi) is 5.89. The fraction of sp³-hybridized carbons (Fsp3) is 0.571. The van der Waals surface area contributed by atoms with E-state index in [4.69, 9.17) is 0 Å². The third kappa shape index (κ3) is 4.77. The predicted molar refractivity (Wildman–Crippen MR) is 84.5 cm³/mol. The second-order valence-corrected chi connectivity index (χ2v) is 7.73. The van der Waals surface area contributed by atoms with E-state index >= 15 is 0 Å². The molecule has 0 atom stereocenters. The smallest absolute Gasteiger partial charge is 0.240 e. The highest BCUT2D eigenvalue weighted by atomic mass is 32.2. The van der Waals surface area contributed by atoms with Crippen LogP contribution in [0.1, 0.15) is 24.8 Å². The molecular weight excluding hydrogens is 292 g/mol. The monoisotopic (exact) mass is 314 g/mol. The summed E-state index contributed by atoms with van der Waals surface area (Å²) in [7, 11) is -3.40. The molecule has 1 fully saturated rings. The van der Waals surface area contributed by atoms with Gasteiger partial charge >= 0.3 is 0 Å². The van der Waals surface area contributed by atoms with E-state index in [1.54, 1.807) is 23.9 Å². The van der Waals surface area contributed by atoms with Crippen LogP contribution in [0.2, 0.25) is 0 Å². The number of nitrogens with one attached hydrogen (secondary N) is 2. The summed E-state index contributed by atoms with van der Waals surface area (Å²) in [6, 6.07) is 7.79. The lowest BCUT2D eigenvalue weighted by atomic mass is 10.2. The second-order valence-electron chi connectivity index (χ2n) is 5.01. The van der Waals surface area contributed by atoms with Crippen LogP contribution >= 0.6 is 11.8 Å². The lowest BCUT2D eigenvalue weighted by Gasteiger charge is -2.12. The van der Waals surface area contributed by atoms with E-state index in [1.807, 2.05) is 18.4 Å². The number of hydrogen-bond acceptors (Lipinski definition) is 4. The van der Waals surface area contributed by atoms with Crippen LogP contribution in [0.4, 0.5) is 0 Å². The molecule has 0 aromatic heterocycles. The highest BCUT2D eigenvalue weighted by Gasteiger charge is 2.22. The van der Waals surface area contributed by atoms with E-state index in [1.165, 1.54) is 12.8 Å². The summed E-state index contributed by atoms with van der Waals surface area (Å²) in [5.41, 5.74) is 0.844. The van der Waals surface area contributed by atoms with Crippen molar-refractivity contribution in [1.29, 1.82) is 0 Å². The lowest BCUT2D eigenvalue weighted by molar-refractivity contribution is 0.578. The van der Waals surface area contributed by atoms with E-state index in [0.29, 0.717) is 24.0 Å². The summed E-state index contributed by atoms with van der Waals surface area (Å²) in [6.07, 6.45) is 5.26. The first-order chi connectivity index (χ1) is 9.63. The summed E-state index contributed by atoms with van der Waals surface area (Å²) in [4.78, 5) is 0.400. The Balaban J connectivity index is 2.01. The summed E-state index contributed by atoms with van der Waals surface area (Å²) in [5.74, 6) is 0.966. The van der Waals surface area contributed by atoms with Crippen LogP contribution in [0.5, 0.6) is 0 Å². The molecule has 0 saturated heterocycles. The largest absolute Gasteiger partial charge is 0.310 e. The van der Waals surface area contributed by atoms with Gasteiger partial charge in [0.15, 0.2) is 0 Å². The first-order valence-electron chi connectivity index (χ1n) is 6.93. The first-order valence-corrected chi connectivity index (χ1v) is 9.81. The van der Waals surface area contributed by atoms with Gasteiger partial charge in [0.25, 0.3) is 0 Å². The average molecular weight is 314 g/mol. The maximum Gasteiger partial charge on any atom is 0.240 e. The van der Waals surface area contributed by atoms with Crippen molar-refractivity contribution in [3.8, 4) is 0 Å². The molecule has 1 aromatic carbocycles. The molecule has 0 amide bonds. The average Bonchev–Trinajstić information content (AvgIpc) is 3.26. The van der Waals surface area contributed by atoms with Gasteiger partial charge in [-0.3, -0.25) is 0 Å². The summed E-state index contributed by atoms with van der Waals surface area (Å²) in [6.45, 7) is 1.11. The normalized spacial score (nSPS) is 15.4. The molecule has 6 heteroatoms. The highest BCUT2D eigenvalue weighted by molar-refractivity contribution is 7.98. The highest BCUT2D eigenvalue weighted by Crippen LogP contribution is 2.21. The maximum absolute atomic E-state index is 12.3. The minimum absolute atomic E-state index is 0.400. The molecule has 1 aliphatic carbocycles. The zero-order chi connectivity index (χ0) is 14.4. The molecule has 1 aromatic rings. The van der Waals surface area contributed by atoms with Crippen molar-refractivity contribution < 1.29 is 8.42 Å². The maximum atomic E-state index is 12.3. The summed E-state index contributed by atoms with van der Waals surface area (Å²) in [5, 5.41) is 3.37. The van der Waals surface area contributed by atoms with Crippen LogP contribution in [0, 0.1) is 0 Å². The summed E-state index contributed by atoms with van der Waals surface area (Å²) < 4.78 is 27.3. The van der Waals surface area contributed by atoms with Crippen LogP contribution in [0.25, 0.3) is 0 Å². The van der Waals surface area contributed by atoms with Crippen molar-refractivity contribution in [1.82, 2.24) is 10.0 Å². The van der Waals surface area contributed by atoms with Gasteiger partial charge in [-0.2, -0.15) is 11.8 Å². The molecule has 0 unspecified atom stereocenters. The number of benzene rings is 1. The van der Waals surface area contributed by atoms with Gasteiger partial charge in [-0.05, 0) is 42.9 Å². The molecule has 1 saturated carbocycles. The Morgan fingerprint density at radius 3 is 2.75 bits per heavy atom. The zero-order valence-electron chi connectivity index (χ0n) is 11.8. The van der Waals surface area contributed by atoms with E-state index in [2.05, 4.69) is 10.0 Å². The minimum atomic E-state index is -3.40. The third-order valence-electron chi connectivity index (χ3n) is 3.24. The molecule has 0 radical (unpaired) electrons. The van der Waals surface area contributed by atoms with Gasteiger partial charge in [-0.25, -0.2) is 13.1 Å². The first kappa shape index (κ1) is 15.8. The number of hydrogen-bond donors (Lipinski definition) is 2. The molecule has 0 aliphatic heterocycles. The third-order valence-corrected chi connectivity index (χ3v) is 5.50. The second kappa shape index (κ2) is 7.45. The Labute approximate surface area is 125 Å².